The number of halogens is 3. The quantitative estimate of drug-likeness (QED) is 0.728. The number of benzene rings is 1. The number of amides is 1. The Morgan fingerprint density at radius 1 is 1.28 bits per heavy atom. The Morgan fingerprint density at radius 2 is 2.10 bits per heavy atom. The number of nitrogens with one attached hydrogen (secondary N) is 1. The summed E-state index contributed by atoms with van der Waals surface area (Å²) in [5, 5.41) is 7.70. The van der Waals surface area contributed by atoms with Crippen LogP contribution in [-0.2, 0) is 13.2 Å². The summed E-state index contributed by atoms with van der Waals surface area (Å²) in [6.45, 7) is 1.34. The predicted octanol–water partition coefficient (Wildman–Crippen LogP) is 3.39. The molecule has 9 heteroatoms. The lowest BCUT2D eigenvalue weighted by Gasteiger charge is -2.35. The third-order valence-electron chi connectivity index (χ3n) is 5.11. The summed E-state index contributed by atoms with van der Waals surface area (Å²) >= 11 is 0. The van der Waals surface area contributed by atoms with Crippen LogP contribution in [0.3, 0.4) is 0 Å². The Balaban J connectivity index is 1.55. The summed E-state index contributed by atoms with van der Waals surface area (Å²) in [6.07, 6.45) is 2.00. The van der Waals surface area contributed by atoms with Gasteiger partial charge in [-0.3, -0.25) is 14.5 Å². The SMILES string of the molecule is Cn1cc(C(=O)NC2CCCN(c3ccnc4cc(C(F)(F)F)ccc34)C2)cn1. The second kappa shape index (κ2) is 7.38. The zero-order valence-corrected chi connectivity index (χ0v) is 15.8. The van der Waals surface area contributed by atoms with Crippen LogP contribution in [0, 0.1) is 0 Å². The predicted molar refractivity (Wildman–Crippen MR) is 103 cm³/mol. The first-order valence-electron chi connectivity index (χ1n) is 9.32. The average molecular weight is 403 g/mol. The maximum absolute atomic E-state index is 13.0. The summed E-state index contributed by atoms with van der Waals surface area (Å²) in [7, 11) is 1.75. The highest BCUT2D eigenvalue weighted by molar-refractivity contribution is 5.94. The number of carbonyl (C=O) groups is 1. The van der Waals surface area contributed by atoms with E-state index in [1.165, 1.54) is 18.5 Å². The fourth-order valence-corrected chi connectivity index (χ4v) is 3.71. The molecule has 2 aromatic heterocycles. The molecule has 1 saturated heterocycles. The number of fused-ring (bicyclic) bond motifs is 1. The van der Waals surface area contributed by atoms with Crippen LogP contribution in [0.2, 0.25) is 0 Å². The van der Waals surface area contributed by atoms with Gasteiger partial charge in [-0.25, -0.2) is 0 Å². The highest BCUT2D eigenvalue weighted by Crippen LogP contribution is 2.34. The van der Waals surface area contributed by atoms with Crippen LogP contribution in [-0.4, -0.2) is 39.8 Å². The molecule has 0 bridgehead atoms. The van der Waals surface area contributed by atoms with Gasteiger partial charge in [-0.15, -0.1) is 0 Å². The highest BCUT2D eigenvalue weighted by Gasteiger charge is 2.31. The molecule has 1 N–H and O–H groups in total. The van der Waals surface area contributed by atoms with Crippen molar-refractivity contribution < 1.29 is 18.0 Å². The molecule has 3 heterocycles. The van der Waals surface area contributed by atoms with Crippen molar-refractivity contribution in [1.82, 2.24) is 20.1 Å². The van der Waals surface area contributed by atoms with Crippen molar-refractivity contribution in [2.45, 2.75) is 25.1 Å². The van der Waals surface area contributed by atoms with E-state index in [1.54, 1.807) is 24.0 Å². The number of hydrogen-bond acceptors (Lipinski definition) is 4. The number of aryl methyl sites for hydroxylation is 1. The lowest BCUT2D eigenvalue weighted by Crippen LogP contribution is -2.47. The molecule has 1 amide bonds. The Labute approximate surface area is 165 Å². The van der Waals surface area contributed by atoms with E-state index in [-0.39, 0.29) is 11.9 Å². The minimum absolute atomic E-state index is 0.0610. The van der Waals surface area contributed by atoms with Gasteiger partial charge in [0.25, 0.3) is 5.91 Å². The van der Waals surface area contributed by atoms with E-state index in [2.05, 4.69) is 20.3 Å². The number of pyridine rings is 1. The monoisotopic (exact) mass is 403 g/mol. The average Bonchev–Trinajstić information content (AvgIpc) is 3.13. The molecule has 152 valence electrons. The molecular weight excluding hydrogens is 383 g/mol. The van der Waals surface area contributed by atoms with Gasteiger partial charge in [-0.05, 0) is 31.0 Å². The van der Waals surface area contributed by atoms with Gasteiger partial charge in [-0.1, -0.05) is 6.07 Å². The molecule has 0 radical (unpaired) electrons. The van der Waals surface area contributed by atoms with Crippen LogP contribution < -0.4 is 10.2 Å². The van der Waals surface area contributed by atoms with E-state index >= 15 is 0 Å². The van der Waals surface area contributed by atoms with Gasteiger partial charge in [-0.2, -0.15) is 18.3 Å². The van der Waals surface area contributed by atoms with Gasteiger partial charge in [0, 0.05) is 49.6 Å². The van der Waals surface area contributed by atoms with Gasteiger partial charge in [0.15, 0.2) is 0 Å². The lowest BCUT2D eigenvalue weighted by molar-refractivity contribution is -0.137. The molecule has 1 aliphatic rings. The molecule has 3 aromatic rings. The van der Waals surface area contributed by atoms with Crippen molar-refractivity contribution in [1.29, 1.82) is 0 Å². The fraction of sp³-hybridized carbons (Fsp3) is 0.350. The number of alkyl halides is 3. The van der Waals surface area contributed by atoms with Crippen molar-refractivity contribution in [2.75, 3.05) is 18.0 Å². The number of anilines is 1. The van der Waals surface area contributed by atoms with Gasteiger partial charge in [0.2, 0.25) is 0 Å². The summed E-state index contributed by atoms with van der Waals surface area (Å²) in [5.74, 6) is -0.181. The normalized spacial score (nSPS) is 17.5. The van der Waals surface area contributed by atoms with Crippen LogP contribution in [0.25, 0.3) is 10.9 Å². The molecule has 1 aliphatic heterocycles. The van der Waals surface area contributed by atoms with E-state index in [9.17, 15) is 18.0 Å². The Kier molecular flexibility index (Phi) is 4.89. The molecule has 0 aliphatic carbocycles. The summed E-state index contributed by atoms with van der Waals surface area (Å²) in [4.78, 5) is 18.6. The molecule has 1 fully saturated rings. The van der Waals surface area contributed by atoms with Crippen molar-refractivity contribution in [3.05, 3.63) is 54.0 Å². The van der Waals surface area contributed by atoms with E-state index in [1.807, 2.05) is 0 Å². The van der Waals surface area contributed by atoms with E-state index in [0.29, 0.717) is 23.0 Å². The summed E-state index contributed by atoms with van der Waals surface area (Å²) in [5.41, 5.74) is 0.913. The van der Waals surface area contributed by atoms with Crippen LogP contribution in [0.5, 0.6) is 0 Å². The Hall–Kier alpha value is -3.10. The molecule has 1 unspecified atom stereocenters. The number of piperidine rings is 1. The number of hydrogen-bond donors (Lipinski definition) is 1. The molecule has 1 aromatic carbocycles. The van der Waals surface area contributed by atoms with Crippen LogP contribution in [0.15, 0.2) is 42.9 Å². The first-order valence-corrected chi connectivity index (χ1v) is 9.32. The molecule has 1 atom stereocenters. The maximum atomic E-state index is 13.0. The van der Waals surface area contributed by atoms with E-state index in [4.69, 9.17) is 0 Å². The largest absolute Gasteiger partial charge is 0.416 e. The lowest BCUT2D eigenvalue weighted by atomic mass is 10.0. The minimum Gasteiger partial charge on any atom is -0.369 e. The first-order chi connectivity index (χ1) is 13.8. The van der Waals surface area contributed by atoms with Gasteiger partial charge in [0.1, 0.15) is 0 Å². The smallest absolute Gasteiger partial charge is 0.369 e. The highest BCUT2D eigenvalue weighted by atomic mass is 19.4. The van der Waals surface area contributed by atoms with Crippen LogP contribution >= 0.6 is 0 Å². The molecule has 0 spiro atoms. The second-order valence-corrected chi connectivity index (χ2v) is 7.22. The Bertz CT molecular complexity index is 1050. The second-order valence-electron chi connectivity index (χ2n) is 7.22. The van der Waals surface area contributed by atoms with E-state index in [0.717, 1.165) is 37.2 Å². The molecule has 0 saturated carbocycles. The van der Waals surface area contributed by atoms with Crippen LogP contribution in [0.1, 0.15) is 28.8 Å². The summed E-state index contributed by atoms with van der Waals surface area (Å²) in [6, 6.07) is 5.37. The molecule has 4 rings (SSSR count). The Morgan fingerprint density at radius 3 is 2.83 bits per heavy atom. The van der Waals surface area contributed by atoms with Gasteiger partial charge < -0.3 is 10.2 Å². The van der Waals surface area contributed by atoms with Crippen molar-refractivity contribution in [3.8, 4) is 0 Å². The van der Waals surface area contributed by atoms with Crippen molar-refractivity contribution in [2.24, 2.45) is 7.05 Å². The first kappa shape index (κ1) is 19.2. The summed E-state index contributed by atoms with van der Waals surface area (Å²) < 4.78 is 40.6. The number of rotatable bonds is 3. The zero-order valence-electron chi connectivity index (χ0n) is 15.8. The molecule has 6 nitrogen and oxygen atoms in total. The van der Waals surface area contributed by atoms with Crippen molar-refractivity contribution in [3.63, 3.8) is 0 Å². The number of carbonyl (C=O) groups excluding carboxylic acids is 1. The maximum Gasteiger partial charge on any atom is 0.416 e. The third-order valence-corrected chi connectivity index (χ3v) is 5.11. The van der Waals surface area contributed by atoms with Gasteiger partial charge in [0.05, 0.1) is 22.8 Å². The third kappa shape index (κ3) is 4.03. The number of aromatic nitrogens is 3. The minimum atomic E-state index is -4.40. The number of nitrogens with zero attached hydrogens (tertiary/aromatic N) is 4. The molecular formula is C20H20F3N5O. The van der Waals surface area contributed by atoms with Crippen LogP contribution in [0.4, 0.5) is 18.9 Å². The van der Waals surface area contributed by atoms with Crippen molar-refractivity contribution >= 4 is 22.5 Å². The standard InChI is InChI=1S/C20H20F3N5O/c1-27-11-13(10-25-27)19(29)26-15-3-2-8-28(12-15)18-6-7-24-17-9-14(20(21,22)23)4-5-16(17)18/h4-7,9-11,15H,2-3,8,12H2,1H3,(H,26,29). The van der Waals surface area contributed by atoms with Gasteiger partial charge >= 0.3 is 6.18 Å². The topological polar surface area (TPSA) is 63.1 Å². The zero-order chi connectivity index (χ0) is 20.6. The van der Waals surface area contributed by atoms with E-state index < -0.39 is 11.7 Å². The molecule has 29 heavy (non-hydrogen) atoms. The fourth-order valence-electron chi connectivity index (χ4n) is 3.71.